The molecular formula is C10H16N2O2. The molecule has 2 aliphatic heterocycles. The standard InChI is InChI=1S/C10H16N2O2/c13-10(11-7-1-2-7)12-5-8-3-4-9(6-12)14-8/h7-9H,1-6H2,(H,11,13). The number of carbonyl (C=O) groups excluding carboxylic acids is 1. The highest BCUT2D eigenvalue weighted by atomic mass is 16.5. The fourth-order valence-electron chi connectivity index (χ4n) is 2.27. The first kappa shape index (κ1) is 8.53. The molecule has 1 aliphatic carbocycles. The number of nitrogens with one attached hydrogen (secondary N) is 1. The molecule has 2 bridgehead atoms. The first-order valence-corrected chi connectivity index (χ1v) is 5.52. The van der Waals surface area contributed by atoms with E-state index in [1.165, 1.54) is 0 Å². The third kappa shape index (κ3) is 1.59. The molecule has 0 aromatic heterocycles. The van der Waals surface area contributed by atoms with Gasteiger partial charge < -0.3 is 15.0 Å². The molecule has 0 aromatic rings. The zero-order valence-corrected chi connectivity index (χ0v) is 8.24. The van der Waals surface area contributed by atoms with E-state index in [-0.39, 0.29) is 6.03 Å². The average molecular weight is 196 g/mol. The molecule has 3 rings (SSSR count). The SMILES string of the molecule is O=C(NC1CC1)N1CC2CCC(C1)O2. The summed E-state index contributed by atoms with van der Waals surface area (Å²) < 4.78 is 5.68. The van der Waals surface area contributed by atoms with Crippen LogP contribution in [0.2, 0.25) is 0 Å². The van der Waals surface area contributed by atoms with Gasteiger partial charge in [-0.2, -0.15) is 0 Å². The van der Waals surface area contributed by atoms with Gasteiger partial charge in [0.15, 0.2) is 0 Å². The van der Waals surface area contributed by atoms with Crippen LogP contribution in [0.15, 0.2) is 0 Å². The van der Waals surface area contributed by atoms with E-state index in [9.17, 15) is 4.79 Å². The van der Waals surface area contributed by atoms with Crippen LogP contribution in [0.3, 0.4) is 0 Å². The number of fused-ring (bicyclic) bond motifs is 2. The van der Waals surface area contributed by atoms with Crippen LogP contribution in [0, 0.1) is 0 Å². The summed E-state index contributed by atoms with van der Waals surface area (Å²) in [6.07, 6.45) is 5.17. The average Bonchev–Trinajstić information content (AvgIpc) is 2.93. The molecule has 2 amide bonds. The lowest BCUT2D eigenvalue weighted by molar-refractivity contribution is -0.0238. The van der Waals surface area contributed by atoms with Crippen molar-refractivity contribution in [1.29, 1.82) is 0 Å². The summed E-state index contributed by atoms with van der Waals surface area (Å²) in [6.45, 7) is 1.57. The second-order valence-electron chi connectivity index (χ2n) is 4.59. The molecule has 4 nitrogen and oxygen atoms in total. The number of nitrogens with zero attached hydrogens (tertiary/aromatic N) is 1. The zero-order chi connectivity index (χ0) is 9.54. The Bertz CT molecular complexity index is 241. The molecule has 2 atom stereocenters. The molecule has 78 valence electrons. The topological polar surface area (TPSA) is 41.6 Å². The lowest BCUT2D eigenvalue weighted by atomic mass is 10.2. The number of urea groups is 1. The van der Waals surface area contributed by atoms with E-state index in [0.717, 1.165) is 38.8 Å². The Balaban J connectivity index is 1.58. The quantitative estimate of drug-likeness (QED) is 0.671. The molecule has 3 aliphatic rings. The number of hydrogen-bond acceptors (Lipinski definition) is 2. The molecule has 1 saturated carbocycles. The highest BCUT2D eigenvalue weighted by molar-refractivity contribution is 5.75. The van der Waals surface area contributed by atoms with Crippen LogP contribution >= 0.6 is 0 Å². The van der Waals surface area contributed by atoms with E-state index in [4.69, 9.17) is 4.74 Å². The molecule has 2 unspecified atom stereocenters. The summed E-state index contributed by atoms with van der Waals surface area (Å²) in [6, 6.07) is 0.579. The Labute approximate surface area is 83.6 Å². The van der Waals surface area contributed by atoms with Crippen LogP contribution in [-0.2, 0) is 4.74 Å². The van der Waals surface area contributed by atoms with Gasteiger partial charge in [-0.05, 0) is 25.7 Å². The summed E-state index contributed by atoms with van der Waals surface area (Å²) >= 11 is 0. The van der Waals surface area contributed by atoms with Gasteiger partial charge in [-0.1, -0.05) is 0 Å². The van der Waals surface area contributed by atoms with Gasteiger partial charge in [0.05, 0.1) is 12.2 Å². The minimum absolute atomic E-state index is 0.118. The van der Waals surface area contributed by atoms with E-state index in [0.29, 0.717) is 18.2 Å². The van der Waals surface area contributed by atoms with Gasteiger partial charge in [-0.25, -0.2) is 4.79 Å². The number of amides is 2. The normalized spacial score (nSPS) is 35.9. The maximum atomic E-state index is 11.7. The van der Waals surface area contributed by atoms with Gasteiger partial charge in [-0.3, -0.25) is 0 Å². The van der Waals surface area contributed by atoms with Crippen molar-refractivity contribution in [3.05, 3.63) is 0 Å². The smallest absolute Gasteiger partial charge is 0.317 e. The van der Waals surface area contributed by atoms with Crippen molar-refractivity contribution in [2.24, 2.45) is 0 Å². The van der Waals surface area contributed by atoms with E-state index in [1.807, 2.05) is 4.90 Å². The Morgan fingerprint density at radius 2 is 1.79 bits per heavy atom. The van der Waals surface area contributed by atoms with Crippen molar-refractivity contribution >= 4 is 6.03 Å². The van der Waals surface area contributed by atoms with Gasteiger partial charge in [0.1, 0.15) is 0 Å². The van der Waals surface area contributed by atoms with Crippen molar-refractivity contribution < 1.29 is 9.53 Å². The number of hydrogen-bond donors (Lipinski definition) is 1. The van der Waals surface area contributed by atoms with Gasteiger partial charge in [0, 0.05) is 19.1 Å². The molecule has 0 spiro atoms. The van der Waals surface area contributed by atoms with Crippen LogP contribution in [0.5, 0.6) is 0 Å². The van der Waals surface area contributed by atoms with Gasteiger partial charge in [0.2, 0.25) is 0 Å². The van der Waals surface area contributed by atoms with Crippen molar-refractivity contribution in [2.75, 3.05) is 13.1 Å². The molecule has 0 radical (unpaired) electrons. The number of rotatable bonds is 1. The van der Waals surface area contributed by atoms with Gasteiger partial charge in [-0.15, -0.1) is 0 Å². The van der Waals surface area contributed by atoms with E-state index >= 15 is 0 Å². The lowest BCUT2D eigenvalue weighted by Crippen LogP contribution is -2.50. The van der Waals surface area contributed by atoms with Crippen LogP contribution in [0.4, 0.5) is 4.79 Å². The first-order chi connectivity index (χ1) is 6.81. The van der Waals surface area contributed by atoms with Crippen LogP contribution < -0.4 is 5.32 Å². The minimum atomic E-state index is 0.118. The predicted molar refractivity (Wildman–Crippen MR) is 51.0 cm³/mol. The molecule has 2 saturated heterocycles. The summed E-state index contributed by atoms with van der Waals surface area (Å²) in [4.78, 5) is 13.6. The van der Waals surface area contributed by atoms with E-state index in [2.05, 4.69) is 5.32 Å². The van der Waals surface area contributed by atoms with E-state index in [1.54, 1.807) is 0 Å². The van der Waals surface area contributed by atoms with Crippen LogP contribution in [-0.4, -0.2) is 42.3 Å². The molecule has 1 N–H and O–H groups in total. The summed E-state index contributed by atoms with van der Waals surface area (Å²) in [7, 11) is 0. The highest BCUT2D eigenvalue weighted by Crippen LogP contribution is 2.26. The molecule has 3 fully saturated rings. The number of carbonyl (C=O) groups is 1. The van der Waals surface area contributed by atoms with Crippen LogP contribution in [0.1, 0.15) is 25.7 Å². The van der Waals surface area contributed by atoms with Crippen molar-refractivity contribution in [1.82, 2.24) is 10.2 Å². The maximum absolute atomic E-state index is 11.7. The number of ether oxygens (including phenoxy) is 1. The van der Waals surface area contributed by atoms with Crippen molar-refractivity contribution in [3.8, 4) is 0 Å². The Kier molecular flexibility index (Phi) is 1.90. The van der Waals surface area contributed by atoms with Crippen LogP contribution in [0.25, 0.3) is 0 Å². The van der Waals surface area contributed by atoms with E-state index < -0.39 is 0 Å². The minimum Gasteiger partial charge on any atom is -0.371 e. The number of likely N-dealkylation sites (tertiary alicyclic amines) is 1. The summed E-state index contributed by atoms with van der Waals surface area (Å²) in [5, 5.41) is 3.02. The summed E-state index contributed by atoms with van der Waals surface area (Å²) in [5.74, 6) is 0. The molecule has 2 heterocycles. The second kappa shape index (κ2) is 3.12. The Morgan fingerprint density at radius 1 is 1.14 bits per heavy atom. The monoisotopic (exact) mass is 196 g/mol. The summed E-state index contributed by atoms with van der Waals surface area (Å²) in [5.41, 5.74) is 0. The molecule has 14 heavy (non-hydrogen) atoms. The lowest BCUT2D eigenvalue weighted by Gasteiger charge is -2.32. The first-order valence-electron chi connectivity index (χ1n) is 5.52. The fraction of sp³-hybridized carbons (Fsp3) is 0.900. The predicted octanol–water partition coefficient (Wildman–Crippen LogP) is 0.722. The largest absolute Gasteiger partial charge is 0.371 e. The highest BCUT2D eigenvalue weighted by Gasteiger charge is 2.36. The Morgan fingerprint density at radius 3 is 2.36 bits per heavy atom. The molecule has 0 aromatic carbocycles. The third-order valence-electron chi connectivity index (χ3n) is 3.24. The fourth-order valence-corrected chi connectivity index (χ4v) is 2.27. The van der Waals surface area contributed by atoms with Crippen molar-refractivity contribution in [2.45, 2.75) is 43.9 Å². The second-order valence-corrected chi connectivity index (χ2v) is 4.59. The van der Waals surface area contributed by atoms with Gasteiger partial charge >= 0.3 is 6.03 Å². The molecule has 4 heteroatoms. The molecular weight excluding hydrogens is 180 g/mol. The number of morpholine rings is 1. The maximum Gasteiger partial charge on any atom is 0.317 e. The Hall–Kier alpha value is -0.770. The van der Waals surface area contributed by atoms with Crippen molar-refractivity contribution in [3.63, 3.8) is 0 Å². The third-order valence-corrected chi connectivity index (χ3v) is 3.24. The van der Waals surface area contributed by atoms with Gasteiger partial charge in [0.25, 0.3) is 0 Å². The zero-order valence-electron chi connectivity index (χ0n) is 8.24.